The van der Waals surface area contributed by atoms with Crippen LogP contribution in [0.25, 0.3) is 0 Å². The molecule has 0 amide bonds. The van der Waals surface area contributed by atoms with Crippen LogP contribution in [-0.4, -0.2) is 11.4 Å². The molecule has 0 saturated heterocycles. The van der Waals surface area contributed by atoms with Crippen molar-refractivity contribution in [3.05, 3.63) is 24.3 Å². The van der Waals surface area contributed by atoms with Gasteiger partial charge in [0.1, 0.15) is 0 Å². The van der Waals surface area contributed by atoms with Crippen LogP contribution < -0.4 is 0 Å². The first-order valence-electron chi connectivity index (χ1n) is 2.32. The average molecular weight is 219 g/mol. The summed E-state index contributed by atoms with van der Waals surface area (Å²) in [6.07, 6.45) is 6.40. The van der Waals surface area contributed by atoms with Gasteiger partial charge in [-0.15, -0.1) is 0 Å². The monoisotopic (exact) mass is 220 g/mol. The van der Waals surface area contributed by atoms with Gasteiger partial charge >= 0.3 is 0 Å². The molecule has 0 fully saturated rings. The fourth-order valence-corrected chi connectivity index (χ4v) is 0.470. The third-order valence-corrected chi connectivity index (χ3v) is 0.885. The summed E-state index contributed by atoms with van der Waals surface area (Å²) in [5.74, 6) is 0. The quantitative estimate of drug-likeness (QED) is 0.453. The predicted molar refractivity (Wildman–Crippen MR) is 33.7 cm³/mol. The molecule has 0 spiro atoms. The fraction of sp³-hybridized carbons (Fsp3) is 0. The summed E-state index contributed by atoms with van der Waals surface area (Å²) < 4.78 is 0. The van der Waals surface area contributed by atoms with Crippen LogP contribution in [0.5, 0.6) is 0 Å². The van der Waals surface area contributed by atoms with Crippen LogP contribution in [0, 0.1) is 10.8 Å². The maximum atomic E-state index is 7.01. The van der Waals surface area contributed by atoms with Gasteiger partial charge in [-0.2, -0.15) is 0 Å². The molecule has 0 aliphatic heterocycles. The molecule has 9 heavy (non-hydrogen) atoms. The van der Waals surface area contributed by atoms with Gasteiger partial charge in [-0.1, -0.05) is 0 Å². The molecule has 3 heteroatoms. The first-order chi connectivity index (χ1) is 3.79. The Bertz CT molecular complexity index is 153. The van der Waals surface area contributed by atoms with Crippen LogP contribution in [-0.2, 0) is 27.3 Å². The number of rotatable bonds is 0. The molecule has 42 valence electrons. The average Bonchev–Trinajstić information content (AvgIpc) is 1.77. The molecule has 0 aromatic carbocycles. The molecule has 0 bridgehead atoms. The van der Waals surface area contributed by atoms with Crippen LogP contribution in [0.2, 0.25) is 0 Å². The van der Waals surface area contributed by atoms with Crippen LogP contribution in [0.4, 0.5) is 0 Å². The van der Waals surface area contributed by atoms with Gasteiger partial charge in [0.15, 0.2) is 0 Å². The number of allylic oxidation sites excluding steroid dienone is 4. The number of nitrogens with one attached hydrogen (secondary N) is 2. The molecule has 0 unspecified atom stereocenters. The van der Waals surface area contributed by atoms with Gasteiger partial charge in [-0.3, -0.25) is 0 Å². The zero-order chi connectivity index (χ0) is 5.98. The largest absolute Gasteiger partial charge is 0.301 e. The van der Waals surface area contributed by atoms with Crippen molar-refractivity contribution >= 4 is 11.4 Å². The Kier molecular flexibility index (Phi) is 3.60. The standard InChI is InChI=1S/C6H6N2.Cd/c7-5-1-2-6(8)4-3-5;/h1-4,7-8H;. The molecule has 0 atom stereocenters. The minimum atomic E-state index is 0. The van der Waals surface area contributed by atoms with Gasteiger partial charge in [0.2, 0.25) is 0 Å². The zero-order valence-corrected chi connectivity index (χ0v) is 9.05. The van der Waals surface area contributed by atoms with E-state index >= 15 is 0 Å². The zero-order valence-electron chi connectivity index (χ0n) is 5.02. The second-order valence-corrected chi connectivity index (χ2v) is 1.58. The molecule has 2 N–H and O–H groups in total. The van der Waals surface area contributed by atoms with Gasteiger partial charge in [-0.25, -0.2) is 0 Å². The molecule has 1 aliphatic carbocycles. The van der Waals surface area contributed by atoms with Crippen LogP contribution in [0.15, 0.2) is 24.3 Å². The van der Waals surface area contributed by atoms with Crippen molar-refractivity contribution in [2.45, 2.75) is 0 Å². The van der Waals surface area contributed by atoms with E-state index in [9.17, 15) is 0 Å². The van der Waals surface area contributed by atoms with Crippen LogP contribution in [0.3, 0.4) is 0 Å². The summed E-state index contributed by atoms with van der Waals surface area (Å²) in [4.78, 5) is 0. The number of hydrogen-bond acceptors (Lipinski definition) is 2. The number of hydrogen-bond donors (Lipinski definition) is 2. The third kappa shape index (κ3) is 2.69. The fourth-order valence-electron chi connectivity index (χ4n) is 0.470. The van der Waals surface area contributed by atoms with E-state index in [1.165, 1.54) is 0 Å². The van der Waals surface area contributed by atoms with Crippen molar-refractivity contribution in [2.24, 2.45) is 0 Å². The van der Waals surface area contributed by atoms with Crippen molar-refractivity contribution in [1.82, 2.24) is 0 Å². The van der Waals surface area contributed by atoms with E-state index in [0.717, 1.165) is 0 Å². The Hall–Kier alpha value is -0.258. The molecule has 0 aromatic rings. The summed E-state index contributed by atoms with van der Waals surface area (Å²) in [7, 11) is 0. The van der Waals surface area contributed by atoms with Crippen molar-refractivity contribution in [3.8, 4) is 0 Å². The van der Waals surface area contributed by atoms with Gasteiger partial charge in [0.05, 0.1) is 11.4 Å². The van der Waals surface area contributed by atoms with Crippen molar-refractivity contribution < 1.29 is 27.3 Å². The Morgan fingerprint density at radius 1 is 0.778 bits per heavy atom. The van der Waals surface area contributed by atoms with E-state index in [2.05, 4.69) is 0 Å². The second kappa shape index (κ2) is 3.71. The minimum absolute atomic E-state index is 0. The van der Waals surface area contributed by atoms with Crippen LogP contribution in [0.1, 0.15) is 0 Å². The summed E-state index contributed by atoms with van der Waals surface area (Å²) in [6, 6.07) is 0. The second-order valence-electron chi connectivity index (χ2n) is 1.58. The molecular formula is C6H6CdN2. The van der Waals surface area contributed by atoms with Gasteiger partial charge in [0.25, 0.3) is 0 Å². The molecular weight excluding hydrogens is 212 g/mol. The normalized spacial score (nSPS) is 15.6. The Labute approximate surface area is 73.8 Å². The van der Waals surface area contributed by atoms with Gasteiger partial charge in [-0.05, 0) is 24.3 Å². The minimum Gasteiger partial charge on any atom is -0.301 e. The molecule has 0 aromatic heterocycles. The molecule has 1 aliphatic rings. The SMILES string of the molecule is N=C1C=CC(=N)C=C1.[Cd]. The van der Waals surface area contributed by atoms with Crippen molar-refractivity contribution in [3.63, 3.8) is 0 Å². The van der Waals surface area contributed by atoms with Crippen molar-refractivity contribution in [2.75, 3.05) is 0 Å². The van der Waals surface area contributed by atoms with E-state index in [-0.39, 0.29) is 27.3 Å². The summed E-state index contributed by atoms with van der Waals surface area (Å²) >= 11 is 0. The summed E-state index contributed by atoms with van der Waals surface area (Å²) in [6.45, 7) is 0. The summed E-state index contributed by atoms with van der Waals surface area (Å²) in [5, 5.41) is 14.0. The topological polar surface area (TPSA) is 47.7 Å². The van der Waals surface area contributed by atoms with Crippen LogP contribution >= 0.6 is 0 Å². The van der Waals surface area contributed by atoms with E-state index in [1.807, 2.05) is 0 Å². The predicted octanol–water partition coefficient (Wildman–Crippen LogP) is 1.15. The summed E-state index contributed by atoms with van der Waals surface area (Å²) in [5.41, 5.74) is 0.919. The first kappa shape index (κ1) is 8.74. The Morgan fingerprint density at radius 3 is 1.22 bits per heavy atom. The Morgan fingerprint density at radius 2 is 1.00 bits per heavy atom. The molecule has 0 saturated carbocycles. The molecule has 0 heterocycles. The first-order valence-corrected chi connectivity index (χ1v) is 2.32. The Balaban J connectivity index is 0.000000640. The maximum Gasteiger partial charge on any atom is 0.0541 e. The maximum absolute atomic E-state index is 7.01. The van der Waals surface area contributed by atoms with E-state index in [1.54, 1.807) is 24.3 Å². The molecule has 2 nitrogen and oxygen atoms in total. The van der Waals surface area contributed by atoms with E-state index in [0.29, 0.717) is 11.4 Å². The molecule has 0 radical (unpaired) electrons. The van der Waals surface area contributed by atoms with Gasteiger partial charge < -0.3 is 10.8 Å². The molecule has 1 rings (SSSR count). The third-order valence-electron chi connectivity index (χ3n) is 0.885. The van der Waals surface area contributed by atoms with E-state index < -0.39 is 0 Å². The van der Waals surface area contributed by atoms with Crippen molar-refractivity contribution in [1.29, 1.82) is 10.8 Å². The van der Waals surface area contributed by atoms with Gasteiger partial charge in [0, 0.05) is 27.3 Å². The smallest absolute Gasteiger partial charge is 0.0541 e. The van der Waals surface area contributed by atoms with E-state index in [4.69, 9.17) is 10.8 Å².